The first-order valence-corrected chi connectivity index (χ1v) is 4.68. The van der Waals surface area contributed by atoms with Gasteiger partial charge in [-0.3, -0.25) is 0 Å². The zero-order valence-corrected chi connectivity index (χ0v) is 8.25. The van der Waals surface area contributed by atoms with E-state index in [0.717, 1.165) is 5.75 Å². The zero-order valence-electron chi connectivity index (χ0n) is 7.43. The van der Waals surface area contributed by atoms with Crippen molar-refractivity contribution in [3.8, 4) is 5.75 Å². The first-order chi connectivity index (χ1) is 6.84. The van der Waals surface area contributed by atoms with Crippen LogP contribution < -0.4 is 4.74 Å². The third-order valence-electron chi connectivity index (χ3n) is 1.76. The number of hydrogen-bond donors (Lipinski definition) is 0. The van der Waals surface area contributed by atoms with Crippen molar-refractivity contribution in [2.45, 2.75) is 6.10 Å². The van der Waals surface area contributed by atoms with Gasteiger partial charge in [-0.25, -0.2) is 0 Å². The minimum Gasteiger partial charge on any atom is -0.490 e. The summed E-state index contributed by atoms with van der Waals surface area (Å²) in [5, 5.41) is 0.207. The van der Waals surface area contributed by atoms with E-state index >= 15 is 0 Å². The Hall–Kier alpha value is -1.29. The van der Waals surface area contributed by atoms with Crippen LogP contribution in [-0.4, -0.2) is 24.6 Å². The number of rotatable bonds is 3. The molecule has 1 unspecified atom stereocenters. The van der Waals surface area contributed by atoms with Gasteiger partial charge in [-0.05, 0) is 18.2 Å². The van der Waals surface area contributed by atoms with Gasteiger partial charge < -0.3 is 14.2 Å². The molecule has 0 amide bonds. The standard InChI is InChI=1S/C10H9O3S/c14-10-12-7-9(13-10)6-11-8-4-2-1-3-5-8/h1-2,4-5,9H,6-7H2. The first kappa shape index (κ1) is 9.27. The Morgan fingerprint density at radius 1 is 1.64 bits per heavy atom. The largest absolute Gasteiger partial charge is 0.490 e. The topological polar surface area (TPSA) is 27.7 Å². The maximum Gasteiger partial charge on any atom is 0.352 e. The molecular formula is C10H9O3S. The maximum absolute atomic E-state index is 5.44. The highest BCUT2D eigenvalue weighted by atomic mass is 32.1. The molecular weight excluding hydrogens is 200 g/mol. The monoisotopic (exact) mass is 209 g/mol. The molecule has 2 rings (SSSR count). The van der Waals surface area contributed by atoms with E-state index in [1.165, 1.54) is 0 Å². The first-order valence-electron chi connectivity index (χ1n) is 4.27. The van der Waals surface area contributed by atoms with E-state index < -0.39 is 0 Å². The highest BCUT2D eigenvalue weighted by Gasteiger charge is 2.22. The molecule has 0 bridgehead atoms. The summed E-state index contributed by atoms with van der Waals surface area (Å²) in [5.41, 5.74) is 0. The second-order valence-electron chi connectivity index (χ2n) is 2.85. The molecule has 1 saturated heterocycles. The summed E-state index contributed by atoms with van der Waals surface area (Å²) in [7, 11) is 0. The van der Waals surface area contributed by atoms with E-state index in [1.807, 2.05) is 18.2 Å². The van der Waals surface area contributed by atoms with Crippen LogP contribution in [0.3, 0.4) is 0 Å². The molecule has 1 aliphatic rings. The molecule has 1 fully saturated rings. The Balaban J connectivity index is 1.80. The molecule has 1 heterocycles. The average molecular weight is 209 g/mol. The van der Waals surface area contributed by atoms with Gasteiger partial charge in [-0.1, -0.05) is 12.1 Å². The normalized spacial score (nSPS) is 20.0. The Morgan fingerprint density at radius 3 is 3.21 bits per heavy atom. The van der Waals surface area contributed by atoms with Crippen LogP contribution in [0.15, 0.2) is 24.3 Å². The highest BCUT2D eigenvalue weighted by Crippen LogP contribution is 2.11. The fourth-order valence-corrected chi connectivity index (χ4v) is 1.31. The lowest BCUT2D eigenvalue weighted by atomic mass is 10.3. The smallest absolute Gasteiger partial charge is 0.352 e. The van der Waals surface area contributed by atoms with Crippen LogP contribution in [0.1, 0.15) is 0 Å². The quantitative estimate of drug-likeness (QED) is 0.706. The fourth-order valence-electron chi connectivity index (χ4n) is 1.10. The van der Waals surface area contributed by atoms with Crippen LogP contribution in [0.2, 0.25) is 0 Å². The molecule has 0 spiro atoms. The summed E-state index contributed by atoms with van der Waals surface area (Å²) in [4.78, 5) is 0. The third kappa shape index (κ3) is 2.35. The van der Waals surface area contributed by atoms with Crippen molar-refractivity contribution in [3.05, 3.63) is 30.3 Å². The molecule has 0 saturated carbocycles. The van der Waals surface area contributed by atoms with Crippen LogP contribution in [0, 0.1) is 6.07 Å². The summed E-state index contributed by atoms with van der Waals surface area (Å²) in [6, 6.07) is 10.2. The molecule has 4 heteroatoms. The van der Waals surface area contributed by atoms with Gasteiger partial charge >= 0.3 is 5.24 Å². The van der Waals surface area contributed by atoms with E-state index in [0.29, 0.717) is 13.2 Å². The number of benzene rings is 1. The summed E-state index contributed by atoms with van der Waals surface area (Å²) in [6.07, 6.45) is -0.0947. The molecule has 1 aliphatic heterocycles. The Labute approximate surface area is 87.6 Å². The fraction of sp³-hybridized carbons (Fsp3) is 0.300. The van der Waals surface area contributed by atoms with Crippen molar-refractivity contribution in [3.63, 3.8) is 0 Å². The molecule has 1 radical (unpaired) electrons. The van der Waals surface area contributed by atoms with Crippen LogP contribution in [0.25, 0.3) is 0 Å². The predicted molar refractivity (Wildman–Crippen MR) is 54.2 cm³/mol. The lowest BCUT2D eigenvalue weighted by Crippen LogP contribution is -2.19. The highest BCUT2D eigenvalue weighted by molar-refractivity contribution is 7.79. The summed E-state index contributed by atoms with van der Waals surface area (Å²) < 4.78 is 15.6. The van der Waals surface area contributed by atoms with Gasteiger partial charge in [0.1, 0.15) is 19.0 Å². The second-order valence-corrected chi connectivity index (χ2v) is 3.18. The Bertz CT molecular complexity index is 312. The van der Waals surface area contributed by atoms with Gasteiger partial charge in [0.15, 0.2) is 6.10 Å². The molecule has 1 aromatic rings. The predicted octanol–water partition coefficient (Wildman–Crippen LogP) is 1.57. The Morgan fingerprint density at radius 2 is 2.57 bits per heavy atom. The van der Waals surface area contributed by atoms with Crippen molar-refractivity contribution in [2.75, 3.05) is 13.2 Å². The van der Waals surface area contributed by atoms with Crippen molar-refractivity contribution in [2.24, 2.45) is 0 Å². The minimum atomic E-state index is -0.0947. The van der Waals surface area contributed by atoms with Gasteiger partial charge in [-0.15, -0.1) is 0 Å². The molecule has 0 aliphatic carbocycles. The maximum atomic E-state index is 5.44. The molecule has 1 atom stereocenters. The zero-order chi connectivity index (χ0) is 9.80. The van der Waals surface area contributed by atoms with Crippen molar-refractivity contribution < 1.29 is 14.2 Å². The number of thiocarbonyl (C=S) groups is 1. The van der Waals surface area contributed by atoms with Crippen LogP contribution >= 0.6 is 12.2 Å². The number of hydrogen-bond acceptors (Lipinski definition) is 4. The lowest BCUT2D eigenvalue weighted by Gasteiger charge is -2.08. The van der Waals surface area contributed by atoms with Crippen LogP contribution in [0.5, 0.6) is 5.75 Å². The molecule has 0 N–H and O–H groups in total. The second kappa shape index (κ2) is 4.28. The Kier molecular flexibility index (Phi) is 2.84. The van der Waals surface area contributed by atoms with Gasteiger partial charge in [-0.2, -0.15) is 0 Å². The minimum absolute atomic E-state index is 0.0947. The summed E-state index contributed by atoms with van der Waals surface area (Å²) in [6.45, 7) is 0.910. The van der Waals surface area contributed by atoms with Gasteiger partial charge in [0.05, 0.1) is 0 Å². The van der Waals surface area contributed by atoms with Crippen LogP contribution in [-0.2, 0) is 9.47 Å². The van der Waals surface area contributed by atoms with Crippen LogP contribution in [0.4, 0.5) is 0 Å². The van der Waals surface area contributed by atoms with E-state index in [9.17, 15) is 0 Å². The molecule has 3 nitrogen and oxygen atoms in total. The van der Waals surface area contributed by atoms with Crippen molar-refractivity contribution in [1.82, 2.24) is 0 Å². The summed E-state index contributed by atoms with van der Waals surface area (Å²) >= 11 is 4.72. The molecule has 73 valence electrons. The van der Waals surface area contributed by atoms with E-state index in [2.05, 4.69) is 6.07 Å². The lowest BCUT2D eigenvalue weighted by molar-refractivity contribution is 0.145. The molecule has 14 heavy (non-hydrogen) atoms. The van der Waals surface area contributed by atoms with Gasteiger partial charge in [0.2, 0.25) is 0 Å². The average Bonchev–Trinajstić information content (AvgIpc) is 2.63. The number of ether oxygens (including phenoxy) is 3. The van der Waals surface area contributed by atoms with Gasteiger partial charge in [0.25, 0.3) is 0 Å². The SMILES string of the molecule is S=C1OCC(COc2c[c]ccc2)O1. The third-order valence-corrected chi connectivity index (χ3v) is 1.98. The van der Waals surface area contributed by atoms with E-state index in [4.69, 9.17) is 26.4 Å². The van der Waals surface area contributed by atoms with Crippen molar-refractivity contribution in [1.29, 1.82) is 0 Å². The van der Waals surface area contributed by atoms with E-state index in [-0.39, 0.29) is 11.3 Å². The molecule has 1 aromatic carbocycles. The summed E-state index contributed by atoms with van der Waals surface area (Å²) in [5.74, 6) is 0.772. The van der Waals surface area contributed by atoms with Crippen molar-refractivity contribution >= 4 is 17.5 Å². The van der Waals surface area contributed by atoms with E-state index in [1.54, 1.807) is 6.07 Å². The molecule has 0 aromatic heterocycles. The van der Waals surface area contributed by atoms with Gasteiger partial charge in [0, 0.05) is 12.2 Å².